The number of hydrogen-bond acceptors (Lipinski definition) is 2. The van der Waals surface area contributed by atoms with Gasteiger partial charge in [0.25, 0.3) is 0 Å². The number of nitrogens with zero attached hydrogens (tertiary/aromatic N) is 1. The molecule has 0 saturated carbocycles. The summed E-state index contributed by atoms with van der Waals surface area (Å²) < 4.78 is 6.51. The number of benzene rings is 10. The maximum Gasteiger partial charge on any atom is 0.135 e. The van der Waals surface area contributed by atoms with Crippen molar-refractivity contribution in [2.75, 3.05) is 4.90 Å². The second-order valence-electron chi connectivity index (χ2n) is 14.9. The van der Waals surface area contributed by atoms with E-state index in [2.05, 4.69) is 229 Å². The van der Waals surface area contributed by atoms with E-state index in [4.69, 9.17) is 4.74 Å². The van der Waals surface area contributed by atoms with E-state index in [0.29, 0.717) is 0 Å². The lowest BCUT2D eigenvalue weighted by molar-refractivity contribution is 0.487. The third kappa shape index (κ3) is 5.91. The minimum atomic E-state index is 0.875. The zero-order valence-electron chi connectivity index (χ0n) is 31.7. The van der Waals surface area contributed by atoms with Gasteiger partial charge in [-0.2, -0.15) is 0 Å². The summed E-state index contributed by atoms with van der Waals surface area (Å²) in [6.07, 6.45) is 0. The molecule has 11 rings (SSSR count). The summed E-state index contributed by atoms with van der Waals surface area (Å²) in [6, 6.07) is 80.7. The van der Waals surface area contributed by atoms with E-state index in [1.54, 1.807) is 0 Å². The lowest BCUT2D eigenvalue weighted by Gasteiger charge is -2.29. The molecular formula is C56H37NO. The Hall–Kier alpha value is -7.68. The van der Waals surface area contributed by atoms with Crippen LogP contribution in [0.15, 0.2) is 224 Å². The molecule has 0 unspecified atom stereocenters. The molecule has 272 valence electrons. The van der Waals surface area contributed by atoms with Crippen LogP contribution in [0.25, 0.3) is 77.2 Å². The quantitative estimate of drug-likeness (QED) is 0.161. The van der Waals surface area contributed by atoms with Crippen molar-refractivity contribution in [3.05, 3.63) is 224 Å². The number of hydrogen-bond donors (Lipinski definition) is 0. The van der Waals surface area contributed by atoms with Gasteiger partial charge in [0.15, 0.2) is 0 Å². The highest BCUT2D eigenvalue weighted by Crippen LogP contribution is 2.49. The SMILES string of the molecule is c1ccc(-c2ccc(-c3ccc(N(c4cccc(-c5cccc6ccccc56)c4)c4ccccc4-c4ccc5c(c4)-c4cccc6cccc(c46)O5)cc3)cc2)cc1. The normalized spacial score (nSPS) is 11.6. The van der Waals surface area contributed by atoms with Gasteiger partial charge in [0.1, 0.15) is 11.5 Å². The Morgan fingerprint density at radius 3 is 1.66 bits per heavy atom. The van der Waals surface area contributed by atoms with Crippen LogP contribution >= 0.6 is 0 Å². The maximum absolute atomic E-state index is 6.51. The zero-order chi connectivity index (χ0) is 38.4. The van der Waals surface area contributed by atoms with Gasteiger partial charge in [-0.1, -0.05) is 176 Å². The van der Waals surface area contributed by atoms with E-state index in [1.165, 1.54) is 55.1 Å². The summed E-state index contributed by atoms with van der Waals surface area (Å²) >= 11 is 0. The fourth-order valence-electron chi connectivity index (χ4n) is 8.65. The van der Waals surface area contributed by atoms with Gasteiger partial charge in [0.05, 0.1) is 5.69 Å². The third-order valence-corrected chi connectivity index (χ3v) is 11.5. The van der Waals surface area contributed by atoms with E-state index in [-0.39, 0.29) is 0 Å². The lowest BCUT2D eigenvalue weighted by Crippen LogP contribution is -2.11. The van der Waals surface area contributed by atoms with Crippen LogP contribution < -0.4 is 9.64 Å². The number of ether oxygens (including phenoxy) is 1. The molecule has 2 nitrogen and oxygen atoms in total. The van der Waals surface area contributed by atoms with E-state index in [9.17, 15) is 0 Å². The van der Waals surface area contributed by atoms with Crippen molar-refractivity contribution in [1.29, 1.82) is 0 Å². The van der Waals surface area contributed by atoms with Crippen LogP contribution in [-0.4, -0.2) is 0 Å². The highest BCUT2D eigenvalue weighted by atomic mass is 16.5. The van der Waals surface area contributed by atoms with Crippen molar-refractivity contribution in [3.63, 3.8) is 0 Å². The van der Waals surface area contributed by atoms with Gasteiger partial charge in [0, 0.05) is 27.9 Å². The largest absolute Gasteiger partial charge is 0.456 e. The molecule has 2 heteroatoms. The Morgan fingerprint density at radius 2 is 0.845 bits per heavy atom. The smallest absolute Gasteiger partial charge is 0.135 e. The van der Waals surface area contributed by atoms with E-state index < -0.39 is 0 Å². The summed E-state index contributed by atoms with van der Waals surface area (Å²) in [4.78, 5) is 2.40. The Balaban J connectivity index is 1.04. The van der Waals surface area contributed by atoms with E-state index >= 15 is 0 Å². The fraction of sp³-hybridized carbons (Fsp3) is 0. The summed E-state index contributed by atoms with van der Waals surface area (Å²) in [6.45, 7) is 0. The first-order valence-corrected chi connectivity index (χ1v) is 19.8. The fourth-order valence-corrected chi connectivity index (χ4v) is 8.65. The standard InChI is InChI=1S/C56H37NO/c1-2-12-38(13-3-1)39-26-28-40(29-27-39)41-30-33-46(34-31-41)57(47-19-8-18-44(36-47)49-22-9-15-42-14-4-5-20-48(42)49)53-24-7-6-21-50(53)45-32-35-54-52(37-45)51-23-10-16-43-17-11-25-55(58-54)56(43)51/h1-37H. The first kappa shape index (κ1) is 33.6. The molecule has 1 aliphatic heterocycles. The minimum absolute atomic E-state index is 0.875. The predicted molar refractivity (Wildman–Crippen MR) is 243 cm³/mol. The van der Waals surface area contributed by atoms with Crippen molar-refractivity contribution in [2.45, 2.75) is 0 Å². The Bertz CT molecular complexity index is 3120. The van der Waals surface area contributed by atoms with Crippen LogP contribution in [-0.2, 0) is 0 Å². The molecule has 1 aliphatic rings. The van der Waals surface area contributed by atoms with Crippen molar-refractivity contribution >= 4 is 38.6 Å². The first-order chi connectivity index (χ1) is 28.7. The molecule has 0 amide bonds. The minimum Gasteiger partial charge on any atom is -0.456 e. The summed E-state index contributed by atoms with van der Waals surface area (Å²) in [5.74, 6) is 1.78. The number of rotatable bonds is 7. The third-order valence-electron chi connectivity index (χ3n) is 11.5. The van der Waals surface area contributed by atoms with Gasteiger partial charge in [-0.3, -0.25) is 0 Å². The van der Waals surface area contributed by atoms with Crippen LogP contribution in [0.5, 0.6) is 11.5 Å². The second kappa shape index (κ2) is 14.1. The van der Waals surface area contributed by atoms with Crippen LogP contribution in [0.2, 0.25) is 0 Å². The van der Waals surface area contributed by atoms with Crippen molar-refractivity contribution in [1.82, 2.24) is 0 Å². The molecule has 0 aliphatic carbocycles. The zero-order valence-corrected chi connectivity index (χ0v) is 31.7. The molecule has 10 aromatic rings. The Kier molecular flexibility index (Phi) is 8.19. The molecule has 0 aromatic heterocycles. The van der Waals surface area contributed by atoms with Gasteiger partial charge in [-0.25, -0.2) is 0 Å². The van der Waals surface area contributed by atoms with Gasteiger partial charge in [-0.15, -0.1) is 0 Å². The molecule has 0 atom stereocenters. The van der Waals surface area contributed by atoms with Crippen LogP contribution in [0, 0.1) is 0 Å². The summed E-state index contributed by atoms with van der Waals surface area (Å²) in [7, 11) is 0. The average molecular weight is 740 g/mol. The number of para-hydroxylation sites is 1. The number of fused-ring (bicyclic) bond motifs is 3. The number of anilines is 3. The van der Waals surface area contributed by atoms with Crippen molar-refractivity contribution < 1.29 is 4.74 Å². The lowest BCUT2D eigenvalue weighted by atomic mass is 9.91. The average Bonchev–Trinajstić information content (AvgIpc) is 3.30. The maximum atomic E-state index is 6.51. The molecule has 0 bridgehead atoms. The highest BCUT2D eigenvalue weighted by Gasteiger charge is 2.23. The molecular weight excluding hydrogens is 703 g/mol. The molecule has 0 N–H and O–H groups in total. The Morgan fingerprint density at radius 1 is 0.293 bits per heavy atom. The monoisotopic (exact) mass is 739 g/mol. The second-order valence-corrected chi connectivity index (χ2v) is 14.9. The molecule has 0 saturated heterocycles. The van der Waals surface area contributed by atoms with Gasteiger partial charge < -0.3 is 9.64 Å². The van der Waals surface area contributed by atoms with Crippen molar-refractivity contribution in [2.24, 2.45) is 0 Å². The van der Waals surface area contributed by atoms with Crippen LogP contribution in [0.4, 0.5) is 17.1 Å². The van der Waals surface area contributed by atoms with Crippen molar-refractivity contribution in [3.8, 4) is 67.1 Å². The molecule has 58 heavy (non-hydrogen) atoms. The highest BCUT2D eigenvalue weighted by molar-refractivity contribution is 6.05. The van der Waals surface area contributed by atoms with E-state index in [0.717, 1.165) is 50.6 Å². The summed E-state index contributed by atoms with van der Waals surface area (Å²) in [5.41, 5.74) is 15.0. The first-order valence-electron chi connectivity index (χ1n) is 19.8. The molecule has 0 fully saturated rings. The van der Waals surface area contributed by atoms with E-state index in [1.807, 2.05) is 0 Å². The van der Waals surface area contributed by atoms with Gasteiger partial charge in [0.2, 0.25) is 0 Å². The van der Waals surface area contributed by atoms with Gasteiger partial charge >= 0.3 is 0 Å². The van der Waals surface area contributed by atoms with Crippen LogP contribution in [0.3, 0.4) is 0 Å². The Labute approximate surface area is 338 Å². The molecule has 10 aromatic carbocycles. The predicted octanol–water partition coefficient (Wildman–Crippen LogP) is 15.9. The molecule has 1 heterocycles. The molecule has 0 radical (unpaired) electrons. The molecule has 0 spiro atoms. The van der Waals surface area contributed by atoms with Gasteiger partial charge in [-0.05, 0) is 109 Å². The topological polar surface area (TPSA) is 12.5 Å². The summed E-state index contributed by atoms with van der Waals surface area (Å²) in [5, 5.41) is 4.81. The van der Waals surface area contributed by atoms with Crippen LogP contribution in [0.1, 0.15) is 0 Å².